The smallest absolute Gasteiger partial charge is 0.262 e. The highest BCUT2D eigenvalue weighted by Gasteiger charge is 2.30. The second-order valence-corrected chi connectivity index (χ2v) is 7.28. The van der Waals surface area contributed by atoms with Gasteiger partial charge in [-0.3, -0.25) is 14.5 Å². The molecule has 0 saturated carbocycles. The number of anilines is 3. The molecule has 0 atom stereocenters. The predicted molar refractivity (Wildman–Crippen MR) is 110 cm³/mol. The minimum absolute atomic E-state index is 0.0456. The Hall–Kier alpha value is -2.57. The molecule has 0 aromatic heterocycles. The zero-order valence-corrected chi connectivity index (χ0v) is 16.5. The molecule has 142 valence electrons. The molecule has 27 heavy (non-hydrogen) atoms. The summed E-state index contributed by atoms with van der Waals surface area (Å²) in [5, 5.41) is 3.44. The molecule has 1 N–H and O–H groups in total. The topological polar surface area (TPSA) is 55.9 Å². The van der Waals surface area contributed by atoms with Gasteiger partial charge in [0.2, 0.25) is 5.91 Å². The Labute approximate surface area is 164 Å². The lowest BCUT2D eigenvalue weighted by Gasteiger charge is -2.26. The highest BCUT2D eigenvalue weighted by Crippen LogP contribution is 2.32. The third-order valence-electron chi connectivity index (χ3n) is 4.51. The zero-order valence-electron chi connectivity index (χ0n) is 15.7. The van der Waals surface area contributed by atoms with Crippen LogP contribution in [0.4, 0.5) is 17.1 Å². The van der Waals surface area contributed by atoms with Crippen LogP contribution >= 0.6 is 11.6 Å². The number of benzene rings is 2. The maximum atomic E-state index is 13.4. The summed E-state index contributed by atoms with van der Waals surface area (Å²) in [5.41, 5.74) is 2.47. The molecule has 0 radical (unpaired) electrons. The number of rotatable bonds is 5. The molecule has 0 fully saturated rings. The molecular formula is C20H23ClN4O2. The van der Waals surface area contributed by atoms with Crippen LogP contribution in [0.25, 0.3) is 0 Å². The molecule has 0 bridgehead atoms. The van der Waals surface area contributed by atoms with Gasteiger partial charge in [-0.05, 0) is 50.5 Å². The van der Waals surface area contributed by atoms with E-state index in [-0.39, 0.29) is 18.4 Å². The number of amides is 2. The van der Waals surface area contributed by atoms with Crippen LogP contribution in [0.15, 0.2) is 42.5 Å². The lowest BCUT2D eigenvalue weighted by molar-refractivity contribution is -0.114. The van der Waals surface area contributed by atoms with E-state index >= 15 is 0 Å². The lowest BCUT2D eigenvalue weighted by Crippen LogP contribution is -2.36. The Morgan fingerprint density at radius 3 is 2.41 bits per heavy atom. The third-order valence-corrected chi connectivity index (χ3v) is 4.76. The van der Waals surface area contributed by atoms with Crippen LogP contribution in [-0.4, -0.2) is 57.5 Å². The van der Waals surface area contributed by atoms with Crippen molar-refractivity contribution in [1.82, 2.24) is 4.90 Å². The molecule has 0 saturated heterocycles. The van der Waals surface area contributed by atoms with Crippen molar-refractivity contribution in [3.63, 3.8) is 0 Å². The van der Waals surface area contributed by atoms with Gasteiger partial charge in [-0.1, -0.05) is 17.7 Å². The maximum absolute atomic E-state index is 13.4. The Morgan fingerprint density at radius 1 is 1.04 bits per heavy atom. The van der Waals surface area contributed by atoms with E-state index in [1.807, 2.05) is 38.2 Å². The van der Waals surface area contributed by atoms with Crippen molar-refractivity contribution in [1.29, 1.82) is 0 Å². The Kier molecular flexibility index (Phi) is 5.68. The molecule has 6 nitrogen and oxygen atoms in total. The number of hydrogen-bond acceptors (Lipinski definition) is 4. The number of nitrogens with zero attached hydrogens (tertiary/aromatic N) is 3. The fourth-order valence-electron chi connectivity index (χ4n) is 3.03. The summed E-state index contributed by atoms with van der Waals surface area (Å²) in [6.45, 7) is 1.56. The van der Waals surface area contributed by atoms with E-state index in [0.717, 1.165) is 18.8 Å². The summed E-state index contributed by atoms with van der Waals surface area (Å²) in [4.78, 5) is 31.4. The van der Waals surface area contributed by atoms with Gasteiger partial charge in [0.05, 0.1) is 16.9 Å². The first-order valence-corrected chi connectivity index (χ1v) is 9.11. The molecule has 2 amide bonds. The number of hydrogen-bond donors (Lipinski definition) is 1. The number of likely N-dealkylation sites (N-methyl/N-ethyl adjacent to an activating group) is 2. The van der Waals surface area contributed by atoms with Crippen molar-refractivity contribution in [3.8, 4) is 0 Å². The summed E-state index contributed by atoms with van der Waals surface area (Å²) < 4.78 is 0. The van der Waals surface area contributed by atoms with E-state index in [4.69, 9.17) is 11.6 Å². The average Bonchev–Trinajstić information content (AvgIpc) is 2.76. The molecule has 1 aliphatic heterocycles. The quantitative estimate of drug-likeness (QED) is 0.858. The second kappa shape index (κ2) is 7.98. The van der Waals surface area contributed by atoms with Crippen LogP contribution in [0, 0.1) is 0 Å². The van der Waals surface area contributed by atoms with Gasteiger partial charge in [0.15, 0.2) is 0 Å². The average molecular weight is 387 g/mol. The van der Waals surface area contributed by atoms with Gasteiger partial charge >= 0.3 is 0 Å². The fraction of sp³-hybridized carbons (Fsp3) is 0.300. The predicted octanol–water partition coefficient (Wildman–Crippen LogP) is 2.94. The van der Waals surface area contributed by atoms with Gasteiger partial charge in [-0.25, -0.2) is 0 Å². The van der Waals surface area contributed by atoms with E-state index in [1.165, 1.54) is 4.90 Å². The molecule has 0 aliphatic carbocycles. The van der Waals surface area contributed by atoms with Crippen LogP contribution in [-0.2, 0) is 4.79 Å². The Balaban J connectivity index is 2.02. The van der Waals surface area contributed by atoms with E-state index < -0.39 is 0 Å². The van der Waals surface area contributed by atoms with E-state index in [1.54, 1.807) is 30.3 Å². The van der Waals surface area contributed by atoms with Crippen LogP contribution in [0.1, 0.15) is 10.4 Å². The number of carbonyl (C=O) groups excluding carboxylic acids is 2. The second-order valence-electron chi connectivity index (χ2n) is 6.84. The minimum Gasteiger partial charge on any atom is -0.373 e. The minimum atomic E-state index is -0.231. The molecule has 1 aliphatic rings. The van der Waals surface area contributed by atoms with Gasteiger partial charge in [0.25, 0.3) is 5.91 Å². The van der Waals surface area contributed by atoms with Gasteiger partial charge in [0, 0.05) is 30.8 Å². The third kappa shape index (κ3) is 4.23. The number of nitrogens with one attached hydrogen (secondary N) is 1. The summed E-state index contributed by atoms with van der Waals surface area (Å²) in [7, 11) is 5.96. The monoisotopic (exact) mass is 386 g/mol. The normalized spacial score (nSPS) is 14.0. The van der Waals surface area contributed by atoms with Crippen molar-refractivity contribution >= 4 is 40.5 Å². The van der Waals surface area contributed by atoms with Crippen LogP contribution in [0.2, 0.25) is 5.02 Å². The molecular weight excluding hydrogens is 364 g/mol. The standard InChI is InChI=1S/C20H23ClN4O2/c1-23(2)11-12-24(3)17-6-4-5-16-19(17)20(27)25(13-18(26)22-16)15-9-7-14(21)8-10-15/h4-10H,11-13H2,1-3H3,(H,22,26). The first-order chi connectivity index (χ1) is 12.9. The summed E-state index contributed by atoms with van der Waals surface area (Å²) in [6, 6.07) is 12.4. The summed E-state index contributed by atoms with van der Waals surface area (Å²) in [5.74, 6) is -0.442. The van der Waals surface area contributed by atoms with Crippen LogP contribution < -0.4 is 15.1 Å². The molecule has 0 unspecified atom stereocenters. The van der Waals surface area contributed by atoms with E-state index in [2.05, 4.69) is 10.2 Å². The Morgan fingerprint density at radius 2 is 1.74 bits per heavy atom. The van der Waals surface area contributed by atoms with Gasteiger partial charge in [-0.15, -0.1) is 0 Å². The molecule has 2 aromatic rings. The Bertz CT molecular complexity index is 852. The molecule has 0 spiro atoms. The molecule has 2 aromatic carbocycles. The summed E-state index contributed by atoms with van der Waals surface area (Å²) >= 11 is 5.96. The van der Waals surface area contributed by atoms with Gasteiger partial charge < -0.3 is 15.1 Å². The highest BCUT2D eigenvalue weighted by molar-refractivity contribution is 6.30. The van der Waals surface area contributed by atoms with E-state index in [0.29, 0.717) is 22.0 Å². The molecule has 7 heteroatoms. The number of halogens is 1. The first kappa shape index (κ1) is 19.2. The molecule has 3 rings (SSSR count). The van der Waals surface area contributed by atoms with Crippen molar-refractivity contribution in [2.45, 2.75) is 0 Å². The zero-order chi connectivity index (χ0) is 19.6. The SMILES string of the molecule is CN(C)CCN(C)c1cccc2c1C(=O)N(c1ccc(Cl)cc1)CC(=O)N2. The van der Waals surface area contributed by atoms with E-state index in [9.17, 15) is 9.59 Å². The van der Waals surface area contributed by atoms with Gasteiger partial charge in [0.1, 0.15) is 6.54 Å². The number of carbonyl (C=O) groups is 2. The lowest BCUT2D eigenvalue weighted by atomic mass is 10.1. The molecule has 1 heterocycles. The van der Waals surface area contributed by atoms with Crippen molar-refractivity contribution in [3.05, 3.63) is 53.1 Å². The van der Waals surface area contributed by atoms with Crippen molar-refractivity contribution < 1.29 is 9.59 Å². The van der Waals surface area contributed by atoms with Crippen LogP contribution in [0.5, 0.6) is 0 Å². The first-order valence-electron chi connectivity index (χ1n) is 8.73. The van der Waals surface area contributed by atoms with Crippen molar-refractivity contribution in [2.75, 3.05) is 55.9 Å². The maximum Gasteiger partial charge on any atom is 0.262 e. The highest BCUT2D eigenvalue weighted by atomic mass is 35.5. The van der Waals surface area contributed by atoms with Crippen LogP contribution in [0.3, 0.4) is 0 Å². The summed E-state index contributed by atoms with van der Waals surface area (Å²) in [6.07, 6.45) is 0. The van der Waals surface area contributed by atoms with Gasteiger partial charge in [-0.2, -0.15) is 0 Å². The van der Waals surface area contributed by atoms with Crippen molar-refractivity contribution in [2.24, 2.45) is 0 Å². The fourth-order valence-corrected chi connectivity index (χ4v) is 3.15. The number of fused-ring (bicyclic) bond motifs is 1. The largest absolute Gasteiger partial charge is 0.373 e.